The SMILES string of the molecule is CCC(=O)c1ccccc1.Cc1ccccc1CCCC(F)(F)F.Cc1ccccc1CCCC(F)(F)F.Cc1ccccc1CCCC(F)(F)F. The molecule has 4 aromatic carbocycles. The number of hydrogen-bond donors (Lipinski definition) is 0. The molecule has 1 nitrogen and oxygen atoms in total. The van der Waals surface area contributed by atoms with Crippen LogP contribution in [0.25, 0.3) is 0 Å². The normalized spacial score (nSPS) is 11.2. The Morgan fingerprint density at radius 3 is 0.962 bits per heavy atom. The average Bonchev–Trinajstić information content (AvgIpc) is 3.07. The summed E-state index contributed by atoms with van der Waals surface area (Å²) >= 11 is 0. The maximum absolute atomic E-state index is 11.9. The minimum absolute atomic E-state index is 0.175. The van der Waals surface area contributed by atoms with Crippen LogP contribution in [0.5, 0.6) is 0 Å². The monoisotopic (exact) mass is 740 g/mol. The van der Waals surface area contributed by atoms with Crippen LogP contribution in [-0.2, 0) is 19.3 Å². The molecule has 0 aliphatic heterocycles. The molecule has 0 radical (unpaired) electrons. The van der Waals surface area contributed by atoms with Crippen LogP contribution in [0.2, 0.25) is 0 Å². The summed E-state index contributed by atoms with van der Waals surface area (Å²) in [5.74, 6) is 0.209. The lowest BCUT2D eigenvalue weighted by molar-refractivity contribution is -0.136. The molecule has 0 N–H and O–H groups in total. The van der Waals surface area contributed by atoms with Crippen molar-refractivity contribution in [1.29, 1.82) is 0 Å². The Kier molecular flexibility index (Phi) is 20.7. The van der Waals surface area contributed by atoms with Crippen LogP contribution in [0.3, 0.4) is 0 Å². The van der Waals surface area contributed by atoms with Crippen LogP contribution in [-0.4, -0.2) is 24.3 Å². The highest BCUT2D eigenvalue weighted by Gasteiger charge is 2.27. The fourth-order valence-corrected chi connectivity index (χ4v) is 4.94. The summed E-state index contributed by atoms with van der Waals surface area (Å²) in [7, 11) is 0. The van der Waals surface area contributed by atoms with E-state index in [0.717, 1.165) is 38.9 Å². The Labute approximate surface area is 302 Å². The summed E-state index contributed by atoms with van der Waals surface area (Å²) in [6, 6.07) is 32.0. The topological polar surface area (TPSA) is 17.1 Å². The Morgan fingerprint density at radius 1 is 0.442 bits per heavy atom. The van der Waals surface area contributed by atoms with Crippen molar-refractivity contribution in [2.75, 3.05) is 0 Å². The Bertz CT molecular complexity index is 1410. The molecule has 0 aromatic heterocycles. The number of carbonyl (C=O) groups is 1. The van der Waals surface area contributed by atoms with Gasteiger partial charge < -0.3 is 0 Å². The number of benzene rings is 4. The molecule has 0 saturated carbocycles. The smallest absolute Gasteiger partial charge is 0.294 e. The van der Waals surface area contributed by atoms with E-state index in [1.165, 1.54) is 0 Å². The molecule has 0 atom stereocenters. The van der Waals surface area contributed by atoms with Crippen molar-refractivity contribution >= 4 is 5.78 Å². The van der Waals surface area contributed by atoms with Gasteiger partial charge in [0, 0.05) is 31.2 Å². The molecule has 10 heteroatoms. The number of halogens is 9. The molecule has 52 heavy (non-hydrogen) atoms. The zero-order valence-corrected chi connectivity index (χ0v) is 30.2. The minimum atomic E-state index is -4.03. The van der Waals surface area contributed by atoms with Gasteiger partial charge in [-0.25, -0.2) is 0 Å². The van der Waals surface area contributed by atoms with E-state index in [4.69, 9.17) is 0 Å². The van der Waals surface area contributed by atoms with Crippen molar-refractivity contribution < 1.29 is 44.3 Å². The van der Waals surface area contributed by atoms with Gasteiger partial charge in [0.2, 0.25) is 0 Å². The van der Waals surface area contributed by atoms with Gasteiger partial charge in [-0.1, -0.05) is 110 Å². The quantitative estimate of drug-likeness (QED) is 0.111. The molecule has 0 heterocycles. The largest absolute Gasteiger partial charge is 0.389 e. The number of carbonyl (C=O) groups excluding carboxylic acids is 1. The second-order valence-electron chi connectivity index (χ2n) is 12.3. The maximum Gasteiger partial charge on any atom is 0.389 e. The van der Waals surface area contributed by atoms with Crippen molar-refractivity contribution in [2.45, 2.75) is 110 Å². The lowest BCUT2D eigenvalue weighted by Crippen LogP contribution is -2.07. The third-order valence-corrected chi connectivity index (χ3v) is 7.92. The Hall–Kier alpha value is -4.08. The second kappa shape index (κ2) is 23.5. The number of ketones is 1. The van der Waals surface area contributed by atoms with Crippen molar-refractivity contribution in [3.63, 3.8) is 0 Å². The Balaban J connectivity index is 0.000000349. The van der Waals surface area contributed by atoms with Crippen LogP contribution in [0.1, 0.15) is 95.6 Å². The molecule has 4 rings (SSSR count). The predicted molar refractivity (Wildman–Crippen MR) is 192 cm³/mol. The van der Waals surface area contributed by atoms with Gasteiger partial charge in [-0.15, -0.1) is 0 Å². The first-order valence-corrected chi connectivity index (χ1v) is 17.2. The third kappa shape index (κ3) is 22.7. The van der Waals surface area contributed by atoms with E-state index in [1.54, 1.807) is 0 Å². The average molecular weight is 741 g/mol. The highest BCUT2D eigenvalue weighted by Crippen LogP contribution is 2.25. The van der Waals surface area contributed by atoms with Crippen LogP contribution < -0.4 is 0 Å². The molecule has 0 unspecified atom stereocenters. The molecular formula is C42H49F9O. The van der Waals surface area contributed by atoms with Crippen molar-refractivity contribution in [1.82, 2.24) is 0 Å². The number of alkyl halides is 9. The molecule has 0 saturated heterocycles. The summed E-state index contributed by atoms with van der Waals surface area (Å²) < 4.78 is 107. The number of Topliss-reactive ketones (excluding diaryl/α,β-unsaturated/α-hetero) is 1. The molecule has 4 aromatic rings. The van der Waals surface area contributed by atoms with E-state index < -0.39 is 37.8 Å². The molecule has 0 amide bonds. The lowest BCUT2D eigenvalue weighted by atomic mass is 10.0. The van der Waals surface area contributed by atoms with Gasteiger partial charge in [-0.05, 0) is 92.7 Å². The summed E-state index contributed by atoms with van der Waals surface area (Å²) in [4.78, 5) is 11.0. The van der Waals surface area contributed by atoms with Crippen molar-refractivity contribution in [2.24, 2.45) is 0 Å². The third-order valence-electron chi connectivity index (χ3n) is 7.92. The summed E-state index contributed by atoms with van der Waals surface area (Å²) in [6.07, 6.45) is -11.5. The van der Waals surface area contributed by atoms with Crippen LogP contribution in [0.15, 0.2) is 103 Å². The first-order valence-electron chi connectivity index (χ1n) is 17.2. The zero-order valence-electron chi connectivity index (χ0n) is 30.2. The van der Waals surface area contributed by atoms with Crippen LogP contribution in [0.4, 0.5) is 39.5 Å². The molecule has 0 spiro atoms. The lowest BCUT2D eigenvalue weighted by Gasteiger charge is -2.07. The van der Waals surface area contributed by atoms with Crippen LogP contribution >= 0.6 is 0 Å². The standard InChI is InChI=1S/3C11H13F3.C9H10O/c3*1-9-5-2-3-6-10(9)7-4-8-11(12,13)14;1-2-9(10)8-6-4-3-5-7-8/h3*2-3,5-6H,4,7-8H2,1H3;3-7H,2H2,1H3. The van der Waals surface area contributed by atoms with Gasteiger partial charge >= 0.3 is 18.5 Å². The first-order chi connectivity index (χ1) is 24.3. The molecule has 0 fully saturated rings. The predicted octanol–water partition coefficient (Wildman–Crippen LogP) is 13.9. The molecule has 286 valence electrons. The van der Waals surface area contributed by atoms with Crippen molar-refractivity contribution in [3.8, 4) is 0 Å². The van der Waals surface area contributed by atoms with E-state index in [0.29, 0.717) is 25.7 Å². The van der Waals surface area contributed by atoms with E-state index in [-0.39, 0.29) is 25.0 Å². The zero-order chi connectivity index (χ0) is 39.2. The van der Waals surface area contributed by atoms with E-state index in [2.05, 4.69) is 0 Å². The fraction of sp³-hybridized carbons (Fsp3) is 0.405. The van der Waals surface area contributed by atoms with Gasteiger partial charge in [0.15, 0.2) is 5.78 Å². The highest BCUT2D eigenvalue weighted by molar-refractivity contribution is 5.95. The van der Waals surface area contributed by atoms with E-state index in [1.807, 2.05) is 131 Å². The summed E-state index contributed by atoms with van der Waals surface area (Å²) in [5, 5.41) is 0. The Morgan fingerprint density at radius 2 is 0.712 bits per heavy atom. The van der Waals surface area contributed by atoms with E-state index in [9.17, 15) is 44.3 Å². The molecule has 0 bridgehead atoms. The fourth-order valence-electron chi connectivity index (χ4n) is 4.94. The minimum Gasteiger partial charge on any atom is -0.294 e. The number of aryl methyl sites for hydroxylation is 6. The van der Waals surface area contributed by atoms with Gasteiger partial charge in [0.25, 0.3) is 0 Å². The molecule has 0 aliphatic carbocycles. The van der Waals surface area contributed by atoms with Crippen molar-refractivity contribution in [3.05, 3.63) is 142 Å². The highest BCUT2D eigenvalue weighted by atomic mass is 19.4. The summed E-state index contributed by atoms with van der Waals surface area (Å²) in [5.41, 5.74) is 7.04. The number of rotatable bonds is 11. The summed E-state index contributed by atoms with van der Waals surface area (Å²) in [6.45, 7) is 7.63. The van der Waals surface area contributed by atoms with E-state index >= 15 is 0 Å². The van der Waals surface area contributed by atoms with Gasteiger partial charge in [0.1, 0.15) is 0 Å². The first kappa shape index (κ1) is 45.9. The van der Waals surface area contributed by atoms with Crippen LogP contribution in [0, 0.1) is 20.8 Å². The van der Waals surface area contributed by atoms with Gasteiger partial charge in [-0.2, -0.15) is 39.5 Å². The second-order valence-corrected chi connectivity index (χ2v) is 12.3. The van der Waals surface area contributed by atoms with Gasteiger partial charge in [0.05, 0.1) is 0 Å². The number of hydrogen-bond acceptors (Lipinski definition) is 1. The molecule has 0 aliphatic rings. The van der Waals surface area contributed by atoms with Gasteiger partial charge in [-0.3, -0.25) is 4.79 Å². The maximum atomic E-state index is 11.9. The molecular weight excluding hydrogens is 691 g/mol.